The molecule has 2 aliphatic rings. The number of hydrogen-bond acceptors (Lipinski definition) is 9. The topological polar surface area (TPSA) is 137 Å². The van der Waals surface area contributed by atoms with Crippen LogP contribution in [0.4, 0.5) is 24.8 Å². The van der Waals surface area contributed by atoms with Gasteiger partial charge in [-0.2, -0.15) is 13.2 Å². The first-order valence-corrected chi connectivity index (χ1v) is 16.2. The van der Waals surface area contributed by atoms with Crippen molar-refractivity contribution in [3.05, 3.63) is 45.7 Å². The van der Waals surface area contributed by atoms with Crippen LogP contribution in [0.1, 0.15) is 42.2 Å². The van der Waals surface area contributed by atoms with E-state index < -0.39 is 34.5 Å². The molecular weight excluding hydrogens is 632 g/mol. The highest BCUT2D eigenvalue weighted by atomic mass is 35.5. The summed E-state index contributed by atoms with van der Waals surface area (Å²) in [5, 5.41) is 2.97. The molecule has 2 aliphatic heterocycles. The number of carbonyl (C=O) groups excluding carboxylic acids is 1. The summed E-state index contributed by atoms with van der Waals surface area (Å²) in [6.45, 7) is 6.03. The lowest BCUT2D eigenvalue weighted by Gasteiger charge is -2.47. The molecule has 2 saturated heterocycles. The number of piperidine rings is 1. The molecule has 11 nitrogen and oxygen atoms in total. The van der Waals surface area contributed by atoms with Crippen LogP contribution in [0.5, 0.6) is 0 Å². The summed E-state index contributed by atoms with van der Waals surface area (Å²) < 4.78 is 60.8. The van der Waals surface area contributed by atoms with Crippen molar-refractivity contribution < 1.29 is 26.4 Å². The predicted molar refractivity (Wildman–Crippen MR) is 160 cm³/mol. The van der Waals surface area contributed by atoms with Crippen LogP contribution in [-0.4, -0.2) is 97.5 Å². The van der Waals surface area contributed by atoms with Gasteiger partial charge in [0.25, 0.3) is 5.91 Å². The molecule has 1 aromatic carbocycles. The fraction of sp³-hybridized carbons (Fsp3) is 0.577. The molecule has 1 amide bonds. The highest BCUT2D eigenvalue weighted by molar-refractivity contribution is 7.90. The molecule has 3 heterocycles. The van der Waals surface area contributed by atoms with Crippen LogP contribution in [0.25, 0.3) is 0 Å². The van der Waals surface area contributed by atoms with Crippen molar-refractivity contribution in [1.82, 2.24) is 29.8 Å². The second kappa shape index (κ2) is 14.1. The number of nitrogens with one attached hydrogen (secondary N) is 2. The van der Waals surface area contributed by atoms with E-state index in [-0.39, 0.29) is 22.7 Å². The van der Waals surface area contributed by atoms with Crippen LogP contribution in [0.15, 0.2) is 24.3 Å². The molecule has 0 saturated carbocycles. The van der Waals surface area contributed by atoms with Gasteiger partial charge >= 0.3 is 15.5 Å². The molecule has 1 aromatic heterocycles. The van der Waals surface area contributed by atoms with Gasteiger partial charge in [-0.15, -0.1) is 0 Å². The first-order chi connectivity index (χ1) is 20.3. The van der Waals surface area contributed by atoms with E-state index in [1.165, 1.54) is 10.3 Å². The summed E-state index contributed by atoms with van der Waals surface area (Å²) in [6.07, 6.45) is 3.05. The number of hydrogen-bond donors (Lipinski definition) is 3. The van der Waals surface area contributed by atoms with Gasteiger partial charge < -0.3 is 16.0 Å². The fourth-order valence-corrected chi connectivity index (χ4v) is 6.38. The van der Waals surface area contributed by atoms with Crippen molar-refractivity contribution in [2.75, 3.05) is 56.4 Å². The van der Waals surface area contributed by atoms with E-state index in [1.54, 1.807) is 0 Å². The molecule has 0 radical (unpaired) electrons. The minimum Gasteiger partial charge on any atom is -0.382 e. The van der Waals surface area contributed by atoms with Gasteiger partial charge in [0, 0.05) is 56.4 Å². The number of carbonyl (C=O) groups is 1. The number of benzene rings is 1. The average molecular weight is 668 g/mol. The van der Waals surface area contributed by atoms with Crippen LogP contribution >= 0.6 is 23.2 Å². The number of amides is 1. The van der Waals surface area contributed by atoms with Crippen molar-refractivity contribution in [3.8, 4) is 0 Å². The quantitative estimate of drug-likeness (QED) is 0.327. The minimum absolute atomic E-state index is 0.0315. The number of aromatic nitrogens is 2. The number of nitrogen functional groups attached to an aromatic ring is 1. The lowest BCUT2D eigenvalue weighted by atomic mass is 9.98. The summed E-state index contributed by atoms with van der Waals surface area (Å²) in [6, 6.07) is 8.69. The molecule has 4 rings (SSSR count). The molecular formula is C26H35Cl2F3N8O3S. The van der Waals surface area contributed by atoms with Crippen LogP contribution in [0.2, 0.25) is 10.2 Å². The van der Waals surface area contributed by atoms with E-state index in [0.29, 0.717) is 24.9 Å². The van der Waals surface area contributed by atoms with Crippen LogP contribution < -0.4 is 20.7 Å². The van der Waals surface area contributed by atoms with Crippen molar-refractivity contribution in [1.29, 1.82) is 0 Å². The Morgan fingerprint density at radius 3 is 2.37 bits per heavy atom. The maximum Gasteiger partial charge on any atom is 0.511 e. The Morgan fingerprint density at radius 2 is 1.74 bits per heavy atom. The lowest BCUT2D eigenvalue weighted by Crippen LogP contribution is -2.58. The second-order valence-electron chi connectivity index (χ2n) is 10.6. The molecule has 0 spiro atoms. The Morgan fingerprint density at radius 1 is 1.07 bits per heavy atom. The highest BCUT2D eigenvalue weighted by Gasteiger charge is 2.45. The van der Waals surface area contributed by atoms with Crippen LogP contribution in [0, 0.1) is 0 Å². The van der Waals surface area contributed by atoms with Crippen LogP contribution in [0.3, 0.4) is 0 Å². The van der Waals surface area contributed by atoms with Gasteiger partial charge in [-0.05, 0) is 50.0 Å². The van der Waals surface area contributed by atoms with Gasteiger partial charge in [-0.3, -0.25) is 14.6 Å². The first kappa shape index (κ1) is 33.5. The van der Waals surface area contributed by atoms with Gasteiger partial charge in [0.15, 0.2) is 22.5 Å². The van der Waals surface area contributed by atoms with Crippen molar-refractivity contribution in [3.63, 3.8) is 0 Å². The van der Waals surface area contributed by atoms with Gasteiger partial charge in [0.05, 0.1) is 0 Å². The molecule has 43 heavy (non-hydrogen) atoms. The smallest absolute Gasteiger partial charge is 0.382 e. The van der Waals surface area contributed by atoms with Gasteiger partial charge in [-0.25, -0.2) is 23.1 Å². The summed E-state index contributed by atoms with van der Waals surface area (Å²) in [4.78, 5) is 28.0. The maximum absolute atomic E-state index is 12.5. The maximum atomic E-state index is 12.5. The van der Waals surface area contributed by atoms with Gasteiger partial charge in [-0.1, -0.05) is 42.3 Å². The lowest BCUT2D eigenvalue weighted by molar-refractivity contribution is -0.0447. The van der Waals surface area contributed by atoms with E-state index >= 15 is 0 Å². The zero-order chi connectivity index (χ0) is 31.4. The molecule has 0 unspecified atom stereocenters. The molecule has 2 aromatic rings. The Balaban J connectivity index is 1.31. The third kappa shape index (κ3) is 8.39. The molecule has 2 fully saturated rings. The minimum atomic E-state index is -5.52. The first-order valence-electron chi connectivity index (χ1n) is 13.9. The Labute approximate surface area is 258 Å². The summed E-state index contributed by atoms with van der Waals surface area (Å²) in [5.41, 5.74) is 1.51. The average Bonchev–Trinajstić information content (AvgIpc) is 2.97. The van der Waals surface area contributed by atoms with Crippen molar-refractivity contribution >= 4 is 50.8 Å². The number of nitrogens with zero attached hydrogens (tertiary/aromatic N) is 5. The standard InChI is InChI=1S/C26H35Cl2F3N8O3S/c1-2-19-16-38(13-14-39(19)20-7-11-37(12-8-20)15-17-3-5-18(27)6-4-17)24-22(28)35-21(23(32)36-24)25(40)33-9-10-34-43(41,42)26(29,30)31/h3-6,19-20,34H,2,7-16H2,1H3,(H2,32,36)(H,33,40)/t19-/m0/s1. The zero-order valence-electron chi connectivity index (χ0n) is 23.6. The van der Waals surface area contributed by atoms with E-state index in [2.05, 4.69) is 44.1 Å². The summed E-state index contributed by atoms with van der Waals surface area (Å²) in [5.74, 6) is -0.691. The third-order valence-corrected chi connectivity index (χ3v) is 9.43. The SMILES string of the molecule is CC[C@H]1CN(c2nc(N)c(C(=O)NCCNS(=O)(=O)C(F)(F)F)nc2Cl)CCN1C1CCN(Cc2ccc(Cl)cc2)CC1. The number of likely N-dealkylation sites (tertiary alicyclic amines) is 1. The number of piperazine rings is 1. The van der Waals surface area contributed by atoms with Crippen molar-refractivity contribution in [2.24, 2.45) is 0 Å². The molecule has 17 heteroatoms. The Bertz CT molecular complexity index is 1380. The number of halogens is 5. The van der Waals surface area contributed by atoms with E-state index in [4.69, 9.17) is 28.9 Å². The molecule has 1 atom stereocenters. The molecule has 238 valence electrons. The summed E-state index contributed by atoms with van der Waals surface area (Å²) in [7, 11) is -5.52. The molecule has 4 N–H and O–H groups in total. The number of alkyl halides is 3. The number of nitrogens with two attached hydrogens (primary N) is 1. The largest absolute Gasteiger partial charge is 0.511 e. The number of anilines is 2. The second-order valence-corrected chi connectivity index (χ2v) is 13.1. The predicted octanol–water partition coefficient (Wildman–Crippen LogP) is 3.10. The summed E-state index contributed by atoms with van der Waals surface area (Å²) >= 11 is 12.4. The Kier molecular flexibility index (Phi) is 11.0. The van der Waals surface area contributed by atoms with E-state index in [1.807, 2.05) is 17.0 Å². The normalized spacial score (nSPS) is 19.5. The van der Waals surface area contributed by atoms with Gasteiger partial charge in [0.2, 0.25) is 0 Å². The molecule has 0 aliphatic carbocycles. The van der Waals surface area contributed by atoms with Crippen LogP contribution in [-0.2, 0) is 16.6 Å². The van der Waals surface area contributed by atoms with E-state index in [0.717, 1.165) is 50.5 Å². The Hall–Kier alpha value is -2.43. The van der Waals surface area contributed by atoms with E-state index in [9.17, 15) is 26.4 Å². The zero-order valence-corrected chi connectivity index (χ0v) is 25.9. The van der Waals surface area contributed by atoms with Crippen molar-refractivity contribution in [2.45, 2.75) is 50.3 Å². The number of rotatable bonds is 10. The van der Waals surface area contributed by atoms with Gasteiger partial charge in [0.1, 0.15) is 0 Å². The highest BCUT2D eigenvalue weighted by Crippen LogP contribution is 2.30. The molecule has 0 bridgehead atoms. The third-order valence-electron chi connectivity index (χ3n) is 7.73. The fourth-order valence-electron chi connectivity index (χ4n) is 5.48. The monoisotopic (exact) mass is 666 g/mol. The number of sulfonamides is 1.